The fourth-order valence-corrected chi connectivity index (χ4v) is 3.34. The Morgan fingerprint density at radius 1 is 1.26 bits per heavy atom. The standard InChI is InChI=1S/C17H14ClF3N2O3S/c1-9(27-16-12(18)6-10(8-22-16)17(19,20)21)15(24)23-11-2-3-13-14(7-11)26-5-4-25-13/h2-3,6-9H,4-5H2,1H3,(H,23,24). The number of hydrogen-bond donors (Lipinski definition) is 1. The number of nitrogens with zero attached hydrogens (tertiary/aromatic N) is 1. The summed E-state index contributed by atoms with van der Waals surface area (Å²) >= 11 is 6.85. The fourth-order valence-electron chi connectivity index (χ4n) is 2.25. The predicted molar refractivity (Wildman–Crippen MR) is 95.6 cm³/mol. The molecule has 1 aromatic carbocycles. The van der Waals surface area contributed by atoms with E-state index in [1.807, 2.05) is 0 Å². The number of hydrogen-bond acceptors (Lipinski definition) is 5. The van der Waals surface area contributed by atoms with E-state index in [-0.39, 0.29) is 16.0 Å². The van der Waals surface area contributed by atoms with E-state index >= 15 is 0 Å². The molecule has 1 aliphatic rings. The molecular formula is C17H14ClF3N2O3S. The average molecular weight is 419 g/mol. The van der Waals surface area contributed by atoms with E-state index in [0.29, 0.717) is 36.6 Å². The van der Waals surface area contributed by atoms with Gasteiger partial charge < -0.3 is 14.8 Å². The minimum absolute atomic E-state index is 0.148. The van der Waals surface area contributed by atoms with Gasteiger partial charge >= 0.3 is 6.18 Å². The number of thioether (sulfide) groups is 1. The molecule has 0 aliphatic carbocycles. The lowest BCUT2D eigenvalue weighted by Gasteiger charge is -2.19. The Bertz CT molecular complexity index is 864. The van der Waals surface area contributed by atoms with Crippen molar-refractivity contribution in [1.29, 1.82) is 0 Å². The summed E-state index contributed by atoms with van der Waals surface area (Å²) < 4.78 is 48.9. The second kappa shape index (κ2) is 7.85. The number of nitrogens with one attached hydrogen (secondary N) is 1. The van der Waals surface area contributed by atoms with E-state index in [4.69, 9.17) is 21.1 Å². The van der Waals surface area contributed by atoms with Crippen molar-refractivity contribution in [3.63, 3.8) is 0 Å². The van der Waals surface area contributed by atoms with Crippen molar-refractivity contribution in [2.75, 3.05) is 18.5 Å². The van der Waals surface area contributed by atoms with Crippen LogP contribution in [0.25, 0.3) is 0 Å². The Hall–Kier alpha value is -2.13. The van der Waals surface area contributed by atoms with Gasteiger partial charge in [-0.3, -0.25) is 4.79 Å². The lowest BCUT2D eigenvalue weighted by Crippen LogP contribution is -2.23. The smallest absolute Gasteiger partial charge is 0.417 e. The molecule has 0 radical (unpaired) electrons. The van der Waals surface area contributed by atoms with Crippen LogP contribution in [0.5, 0.6) is 11.5 Å². The topological polar surface area (TPSA) is 60.5 Å². The lowest BCUT2D eigenvalue weighted by molar-refractivity contribution is -0.137. The maximum absolute atomic E-state index is 12.7. The highest BCUT2D eigenvalue weighted by Crippen LogP contribution is 2.36. The second-order valence-corrected chi connectivity index (χ2v) is 7.35. The van der Waals surface area contributed by atoms with Gasteiger partial charge in [-0.15, -0.1) is 0 Å². The van der Waals surface area contributed by atoms with Crippen LogP contribution in [0.2, 0.25) is 5.02 Å². The van der Waals surface area contributed by atoms with Gasteiger partial charge in [-0.2, -0.15) is 13.2 Å². The second-order valence-electron chi connectivity index (χ2n) is 5.62. The van der Waals surface area contributed by atoms with Crippen molar-refractivity contribution in [3.05, 3.63) is 41.0 Å². The van der Waals surface area contributed by atoms with Crippen molar-refractivity contribution >= 4 is 35.0 Å². The number of fused-ring (bicyclic) bond motifs is 1. The van der Waals surface area contributed by atoms with E-state index in [0.717, 1.165) is 17.8 Å². The Kier molecular flexibility index (Phi) is 5.71. The summed E-state index contributed by atoms with van der Waals surface area (Å²) in [6, 6.07) is 5.80. The monoisotopic (exact) mass is 418 g/mol. The molecule has 0 saturated heterocycles. The van der Waals surface area contributed by atoms with Crippen LogP contribution in [0.1, 0.15) is 12.5 Å². The summed E-state index contributed by atoms with van der Waals surface area (Å²) in [5.74, 6) is 0.781. The summed E-state index contributed by atoms with van der Waals surface area (Å²) in [6.07, 6.45) is -3.83. The molecule has 0 spiro atoms. The van der Waals surface area contributed by atoms with Crippen LogP contribution in [0.15, 0.2) is 35.5 Å². The minimum atomic E-state index is -4.53. The van der Waals surface area contributed by atoms with Crippen LogP contribution in [0.3, 0.4) is 0 Å². The molecule has 27 heavy (non-hydrogen) atoms. The molecule has 1 aromatic heterocycles. The Morgan fingerprint density at radius 2 is 1.96 bits per heavy atom. The van der Waals surface area contributed by atoms with E-state index in [9.17, 15) is 18.0 Å². The van der Waals surface area contributed by atoms with Crippen molar-refractivity contribution in [2.24, 2.45) is 0 Å². The maximum atomic E-state index is 12.7. The first-order chi connectivity index (χ1) is 12.7. The normalized spacial score (nSPS) is 14.6. The van der Waals surface area contributed by atoms with Crippen LogP contribution in [0.4, 0.5) is 18.9 Å². The number of alkyl halides is 3. The van der Waals surface area contributed by atoms with Crippen LogP contribution in [-0.4, -0.2) is 29.4 Å². The molecule has 2 aromatic rings. The van der Waals surface area contributed by atoms with Gasteiger partial charge in [0.05, 0.1) is 15.8 Å². The Morgan fingerprint density at radius 3 is 2.63 bits per heavy atom. The third-order valence-corrected chi connectivity index (χ3v) is 5.12. The molecule has 1 atom stereocenters. The molecule has 1 N–H and O–H groups in total. The number of pyridine rings is 1. The number of amides is 1. The van der Waals surface area contributed by atoms with Gasteiger partial charge in [0.15, 0.2) is 11.5 Å². The molecule has 1 unspecified atom stereocenters. The number of aromatic nitrogens is 1. The van der Waals surface area contributed by atoms with Crippen LogP contribution in [0, 0.1) is 0 Å². The summed E-state index contributed by atoms with van der Waals surface area (Å²) in [5, 5.41) is 2.07. The molecule has 2 heterocycles. The van der Waals surface area contributed by atoms with Gasteiger partial charge in [0.2, 0.25) is 5.91 Å². The summed E-state index contributed by atoms with van der Waals surface area (Å²) in [4.78, 5) is 16.1. The molecule has 1 amide bonds. The van der Waals surface area contributed by atoms with Crippen molar-refractivity contribution in [2.45, 2.75) is 23.4 Å². The highest BCUT2D eigenvalue weighted by Gasteiger charge is 2.32. The number of anilines is 1. The lowest BCUT2D eigenvalue weighted by atomic mass is 10.2. The van der Waals surface area contributed by atoms with Gasteiger partial charge in [-0.05, 0) is 25.1 Å². The zero-order valence-electron chi connectivity index (χ0n) is 14.0. The predicted octanol–water partition coefficient (Wildman–Crippen LogP) is 4.64. The molecular weight excluding hydrogens is 405 g/mol. The molecule has 0 fully saturated rings. The summed E-state index contributed by atoms with van der Waals surface area (Å²) in [7, 11) is 0. The maximum Gasteiger partial charge on any atom is 0.417 e. The first-order valence-electron chi connectivity index (χ1n) is 7.84. The Balaban J connectivity index is 1.66. The van der Waals surface area contributed by atoms with E-state index in [2.05, 4.69) is 10.3 Å². The van der Waals surface area contributed by atoms with E-state index < -0.39 is 17.0 Å². The largest absolute Gasteiger partial charge is 0.486 e. The molecule has 10 heteroatoms. The number of ether oxygens (including phenoxy) is 2. The van der Waals surface area contributed by atoms with Crippen molar-refractivity contribution < 1.29 is 27.4 Å². The molecule has 0 bridgehead atoms. The first kappa shape index (κ1) is 19.6. The molecule has 144 valence electrons. The van der Waals surface area contributed by atoms with E-state index in [1.165, 1.54) is 0 Å². The highest BCUT2D eigenvalue weighted by atomic mass is 35.5. The number of benzene rings is 1. The molecule has 1 aliphatic heterocycles. The highest BCUT2D eigenvalue weighted by molar-refractivity contribution is 8.00. The average Bonchev–Trinajstić information content (AvgIpc) is 2.62. The zero-order valence-corrected chi connectivity index (χ0v) is 15.5. The summed E-state index contributed by atoms with van der Waals surface area (Å²) in [5.41, 5.74) is -0.423. The van der Waals surface area contributed by atoms with Crippen LogP contribution < -0.4 is 14.8 Å². The third kappa shape index (κ3) is 4.78. The molecule has 3 rings (SSSR count). The number of rotatable bonds is 4. The van der Waals surface area contributed by atoms with E-state index in [1.54, 1.807) is 25.1 Å². The summed E-state index contributed by atoms with van der Waals surface area (Å²) in [6.45, 7) is 2.50. The van der Waals surface area contributed by atoms with Gasteiger partial charge in [0, 0.05) is 18.0 Å². The first-order valence-corrected chi connectivity index (χ1v) is 9.09. The number of halogens is 4. The Labute approximate surface area is 162 Å². The SMILES string of the molecule is CC(Sc1ncc(C(F)(F)F)cc1Cl)C(=O)Nc1ccc2c(c1)OCCO2. The van der Waals surface area contributed by atoms with Crippen molar-refractivity contribution in [3.8, 4) is 11.5 Å². The molecule has 0 saturated carbocycles. The zero-order chi connectivity index (χ0) is 19.6. The number of carbonyl (C=O) groups is 1. The molecule has 5 nitrogen and oxygen atoms in total. The van der Waals surface area contributed by atoms with Crippen LogP contribution in [-0.2, 0) is 11.0 Å². The van der Waals surface area contributed by atoms with Crippen LogP contribution >= 0.6 is 23.4 Å². The minimum Gasteiger partial charge on any atom is -0.486 e. The van der Waals surface area contributed by atoms with Gasteiger partial charge in [-0.1, -0.05) is 23.4 Å². The third-order valence-electron chi connectivity index (χ3n) is 3.60. The van der Waals surface area contributed by atoms with Gasteiger partial charge in [-0.25, -0.2) is 4.98 Å². The van der Waals surface area contributed by atoms with Crippen molar-refractivity contribution in [1.82, 2.24) is 4.98 Å². The van der Waals surface area contributed by atoms with Gasteiger partial charge in [0.1, 0.15) is 18.2 Å². The van der Waals surface area contributed by atoms with Gasteiger partial charge in [0.25, 0.3) is 0 Å². The quantitative estimate of drug-likeness (QED) is 0.733. The fraction of sp³-hybridized carbons (Fsp3) is 0.294. The number of carbonyl (C=O) groups excluding carboxylic acids is 1.